The number of carbonyl (C=O) groups excluding carboxylic acids is 1. The molecular weight excluding hydrogens is 286 g/mol. The molecule has 3 nitrogen and oxygen atoms in total. The van der Waals surface area contributed by atoms with Gasteiger partial charge in [0.1, 0.15) is 0 Å². The lowest BCUT2D eigenvalue weighted by Gasteiger charge is -2.44. The van der Waals surface area contributed by atoms with Crippen molar-refractivity contribution in [1.29, 1.82) is 0 Å². The third-order valence-corrected chi connectivity index (χ3v) is 5.36. The zero-order chi connectivity index (χ0) is 16.3. The third-order valence-electron chi connectivity index (χ3n) is 5.36. The topological polar surface area (TPSA) is 38.3 Å². The summed E-state index contributed by atoms with van der Waals surface area (Å²) in [6.45, 7) is 5.10. The lowest BCUT2D eigenvalue weighted by molar-refractivity contribution is 0.151. The lowest BCUT2D eigenvalue weighted by atomic mass is 9.60. The molecule has 0 radical (unpaired) electrons. The standard InChI is InChI=1S/C20H27NO2/c1-3-23-19(22)21-13-12-20-11-5-4-6-17(20)10-9-16-8-7-15(2)14-18(16)20/h7-8,10,14H,3-6,9,11-13H2,1-2H3,(H,21,22). The first-order valence-corrected chi connectivity index (χ1v) is 8.86. The van der Waals surface area contributed by atoms with Crippen LogP contribution >= 0.6 is 0 Å². The number of hydrogen-bond donors (Lipinski definition) is 1. The molecule has 1 saturated carbocycles. The van der Waals surface area contributed by atoms with Gasteiger partial charge in [-0.05, 0) is 57.1 Å². The van der Waals surface area contributed by atoms with Crippen LogP contribution in [0.2, 0.25) is 0 Å². The van der Waals surface area contributed by atoms with Gasteiger partial charge in [-0.15, -0.1) is 0 Å². The minimum atomic E-state index is -0.300. The van der Waals surface area contributed by atoms with Crippen LogP contribution in [0.3, 0.4) is 0 Å². The number of aryl methyl sites for hydroxylation is 1. The van der Waals surface area contributed by atoms with E-state index in [1.54, 1.807) is 5.57 Å². The van der Waals surface area contributed by atoms with Crippen molar-refractivity contribution < 1.29 is 9.53 Å². The quantitative estimate of drug-likeness (QED) is 0.835. The van der Waals surface area contributed by atoms with Crippen LogP contribution in [-0.2, 0) is 16.6 Å². The fraction of sp³-hybridized carbons (Fsp3) is 0.550. The number of rotatable bonds is 4. The number of amides is 1. The van der Waals surface area contributed by atoms with Crippen LogP contribution in [0.1, 0.15) is 55.7 Å². The van der Waals surface area contributed by atoms with Gasteiger partial charge in [0.25, 0.3) is 0 Å². The second-order valence-electron chi connectivity index (χ2n) is 6.78. The molecule has 1 N–H and O–H groups in total. The van der Waals surface area contributed by atoms with E-state index in [0.717, 1.165) is 12.8 Å². The highest BCUT2D eigenvalue weighted by atomic mass is 16.5. The van der Waals surface area contributed by atoms with Gasteiger partial charge in [-0.1, -0.05) is 41.8 Å². The van der Waals surface area contributed by atoms with Crippen molar-refractivity contribution in [2.24, 2.45) is 0 Å². The molecule has 1 aromatic rings. The van der Waals surface area contributed by atoms with Crippen LogP contribution < -0.4 is 5.32 Å². The van der Waals surface area contributed by atoms with Crippen molar-refractivity contribution >= 4 is 6.09 Å². The first-order chi connectivity index (χ1) is 11.2. The van der Waals surface area contributed by atoms with Gasteiger partial charge in [-0.25, -0.2) is 4.79 Å². The summed E-state index contributed by atoms with van der Waals surface area (Å²) in [4.78, 5) is 11.6. The van der Waals surface area contributed by atoms with Crippen LogP contribution in [0.4, 0.5) is 4.79 Å². The zero-order valence-corrected chi connectivity index (χ0v) is 14.3. The van der Waals surface area contributed by atoms with Crippen LogP contribution in [0, 0.1) is 6.92 Å². The maximum atomic E-state index is 11.6. The number of fused-ring (bicyclic) bond motifs is 3. The number of ether oxygens (including phenoxy) is 1. The van der Waals surface area contributed by atoms with Crippen molar-refractivity contribution in [3.8, 4) is 0 Å². The van der Waals surface area contributed by atoms with Crippen molar-refractivity contribution in [2.45, 2.75) is 57.8 Å². The van der Waals surface area contributed by atoms with Crippen LogP contribution in [0.15, 0.2) is 29.8 Å². The molecule has 3 rings (SSSR count). The molecule has 23 heavy (non-hydrogen) atoms. The minimum Gasteiger partial charge on any atom is -0.450 e. The Morgan fingerprint density at radius 1 is 1.35 bits per heavy atom. The molecule has 3 heteroatoms. The number of benzene rings is 1. The highest BCUT2D eigenvalue weighted by Gasteiger charge is 2.40. The molecule has 2 aliphatic carbocycles. The van der Waals surface area contributed by atoms with E-state index in [1.807, 2.05) is 6.92 Å². The average molecular weight is 313 g/mol. The Kier molecular flexibility index (Phi) is 4.74. The fourth-order valence-electron chi connectivity index (χ4n) is 4.27. The SMILES string of the molecule is CCOC(=O)NCCC12CCCCC1=CCc1ccc(C)cc12. The van der Waals surface area contributed by atoms with E-state index < -0.39 is 0 Å². The highest BCUT2D eigenvalue weighted by molar-refractivity contribution is 5.67. The first-order valence-electron chi connectivity index (χ1n) is 8.86. The van der Waals surface area contributed by atoms with Crippen molar-refractivity contribution in [3.63, 3.8) is 0 Å². The lowest BCUT2D eigenvalue weighted by Crippen LogP contribution is -2.39. The zero-order valence-electron chi connectivity index (χ0n) is 14.3. The molecule has 0 aromatic heterocycles. The molecule has 1 aromatic carbocycles. The summed E-state index contributed by atoms with van der Waals surface area (Å²) < 4.78 is 4.99. The van der Waals surface area contributed by atoms with Crippen LogP contribution in [-0.4, -0.2) is 19.2 Å². The monoisotopic (exact) mass is 313 g/mol. The first kappa shape index (κ1) is 16.1. The molecule has 0 heterocycles. The smallest absolute Gasteiger partial charge is 0.407 e. The van der Waals surface area contributed by atoms with E-state index in [-0.39, 0.29) is 11.5 Å². The fourth-order valence-corrected chi connectivity index (χ4v) is 4.27. The number of alkyl carbamates (subject to hydrolysis) is 1. The predicted molar refractivity (Wildman–Crippen MR) is 92.8 cm³/mol. The molecule has 1 fully saturated rings. The van der Waals surface area contributed by atoms with Gasteiger partial charge in [0, 0.05) is 12.0 Å². The van der Waals surface area contributed by atoms with E-state index in [1.165, 1.54) is 42.4 Å². The molecule has 0 spiro atoms. The van der Waals surface area contributed by atoms with Crippen LogP contribution in [0.25, 0.3) is 0 Å². The van der Waals surface area contributed by atoms with E-state index in [4.69, 9.17) is 4.74 Å². The van der Waals surface area contributed by atoms with E-state index >= 15 is 0 Å². The highest BCUT2D eigenvalue weighted by Crippen LogP contribution is 2.49. The average Bonchev–Trinajstić information content (AvgIpc) is 2.55. The van der Waals surface area contributed by atoms with E-state index in [0.29, 0.717) is 13.2 Å². The molecule has 0 saturated heterocycles. The largest absolute Gasteiger partial charge is 0.450 e. The molecule has 1 atom stereocenters. The van der Waals surface area contributed by atoms with E-state index in [9.17, 15) is 4.79 Å². The summed E-state index contributed by atoms with van der Waals surface area (Å²) in [6, 6.07) is 6.87. The Bertz CT molecular complexity index is 620. The van der Waals surface area contributed by atoms with Crippen LogP contribution in [0.5, 0.6) is 0 Å². The van der Waals surface area contributed by atoms with Gasteiger partial charge in [-0.2, -0.15) is 0 Å². The third kappa shape index (κ3) is 3.15. The molecule has 1 amide bonds. The van der Waals surface area contributed by atoms with Gasteiger partial charge >= 0.3 is 6.09 Å². The number of hydrogen-bond acceptors (Lipinski definition) is 2. The Balaban J connectivity index is 1.85. The minimum absolute atomic E-state index is 0.122. The maximum Gasteiger partial charge on any atom is 0.407 e. The van der Waals surface area contributed by atoms with Gasteiger partial charge in [0.05, 0.1) is 6.61 Å². The molecule has 124 valence electrons. The Morgan fingerprint density at radius 3 is 3.04 bits per heavy atom. The number of nitrogens with one attached hydrogen (secondary N) is 1. The summed E-state index contributed by atoms with van der Waals surface area (Å²) in [5.74, 6) is 0. The molecule has 0 aliphatic heterocycles. The Labute approximate surface area is 139 Å². The summed E-state index contributed by atoms with van der Waals surface area (Å²) in [6.07, 6.45) is 9.12. The normalized spacial score (nSPS) is 22.6. The van der Waals surface area contributed by atoms with Gasteiger partial charge in [0.2, 0.25) is 0 Å². The Morgan fingerprint density at radius 2 is 2.22 bits per heavy atom. The predicted octanol–water partition coefficient (Wildman–Crippen LogP) is 4.43. The second kappa shape index (κ2) is 6.77. The van der Waals surface area contributed by atoms with Gasteiger partial charge in [-0.3, -0.25) is 0 Å². The molecule has 1 unspecified atom stereocenters. The van der Waals surface area contributed by atoms with Gasteiger partial charge < -0.3 is 10.1 Å². The molecular formula is C20H27NO2. The summed E-state index contributed by atoms with van der Waals surface area (Å²) in [7, 11) is 0. The maximum absolute atomic E-state index is 11.6. The number of allylic oxidation sites excluding steroid dienone is 2. The molecule has 0 bridgehead atoms. The van der Waals surface area contributed by atoms with Crippen molar-refractivity contribution in [1.82, 2.24) is 5.32 Å². The second-order valence-corrected chi connectivity index (χ2v) is 6.78. The number of carbonyl (C=O) groups is 1. The Hall–Kier alpha value is -1.77. The molecule has 2 aliphatic rings. The van der Waals surface area contributed by atoms with Crippen molar-refractivity contribution in [3.05, 3.63) is 46.5 Å². The van der Waals surface area contributed by atoms with Gasteiger partial charge in [0.15, 0.2) is 0 Å². The summed E-state index contributed by atoms with van der Waals surface area (Å²) in [5.41, 5.74) is 6.00. The summed E-state index contributed by atoms with van der Waals surface area (Å²) in [5, 5.41) is 2.92. The van der Waals surface area contributed by atoms with E-state index in [2.05, 4.69) is 36.5 Å². The summed E-state index contributed by atoms with van der Waals surface area (Å²) >= 11 is 0. The van der Waals surface area contributed by atoms with Crippen molar-refractivity contribution in [2.75, 3.05) is 13.2 Å².